The number of fused-ring (bicyclic) bond motifs is 1. The van der Waals surface area contributed by atoms with Crippen molar-refractivity contribution in [1.29, 1.82) is 0 Å². The third kappa shape index (κ3) is 2.36. The van der Waals surface area contributed by atoms with Gasteiger partial charge in [-0.25, -0.2) is 0 Å². The Bertz CT molecular complexity index is 193. The first-order chi connectivity index (χ1) is 7.36. The normalized spacial score (nSPS) is 34.0. The predicted molar refractivity (Wildman–Crippen MR) is 65.1 cm³/mol. The number of hydrogen-bond acceptors (Lipinski definition) is 2. The molecule has 0 bridgehead atoms. The van der Waals surface area contributed by atoms with Crippen molar-refractivity contribution in [2.75, 3.05) is 20.1 Å². The lowest BCUT2D eigenvalue weighted by atomic mass is 9.90. The van der Waals surface area contributed by atoms with E-state index in [1.807, 2.05) is 0 Å². The van der Waals surface area contributed by atoms with Crippen LogP contribution < -0.4 is 5.32 Å². The van der Waals surface area contributed by atoms with Crippen molar-refractivity contribution in [2.45, 2.75) is 57.5 Å². The van der Waals surface area contributed by atoms with E-state index >= 15 is 0 Å². The molecule has 0 aromatic carbocycles. The Balaban J connectivity index is 1.99. The van der Waals surface area contributed by atoms with E-state index in [1.54, 1.807) is 0 Å². The zero-order chi connectivity index (χ0) is 10.7. The summed E-state index contributed by atoms with van der Waals surface area (Å²) in [5, 5.41) is 3.35. The van der Waals surface area contributed by atoms with Gasteiger partial charge in [-0.15, -0.1) is 0 Å². The summed E-state index contributed by atoms with van der Waals surface area (Å²) >= 11 is 0. The third-order valence-electron chi connectivity index (χ3n) is 4.42. The molecule has 2 heteroatoms. The average molecular weight is 210 g/mol. The highest BCUT2D eigenvalue weighted by atomic mass is 15.2. The summed E-state index contributed by atoms with van der Waals surface area (Å²) in [6.07, 6.45) is 8.66. The minimum Gasteiger partial charge on any atom is -0.318 e. The lowest BCUT2D eigenvalue weighted by Crippen LogP contribution is -2.51. The van der Waals surface area contributed by atoms with E-state index in [2.05, 4.69) is 24.2 Å². The molecule has 1 aliphatic carbocycles. The van der Waals surface area contributed by atoms with Gasteiger partial charge in [-0.3, -0.25) is 4.90 Å². The largest absolute Gasteiger partial charge is 0.318 e. The molecule has 88 valence electrons. The summed E-state index contributed by atoms with van der Waals surface area (Å²) in [5.41, 5.74) is 0. The van der Waals surface area contributed by atoms with Gasteiger partial charge in [0.15, 0.2) is 0 Å². The van der Waals surface area contributed by atoms with Crippen molar-refractivity contribution in [1.82, 2.24) is 10.2 Å². The molecule has 2 aliphatic rings. The Kier molecular flexibility index (Phi) is 4.04. The number of hydrogen-bond donors (Lipinski definition) is 1. The maximum atomic E-state index is 3.35. The molecule has 2 rings (SSSR count). The zero-order valence-electron chi connectivity index (χ0n) is 10.3. The second-order valence-corrected chi connectivity index (χ2v) is 5.26. The van der Waals surface area contributed by atoms with E-state index in [0.717, 1.165) is 18.0 Å². The standard InChI is InChI=1S/C13H26N2/c1-3-12(10-14-2)15-9-5-7-11-6-4-8-13(11)15/h11-14H,3-10H2,1-2H3. The van der Waals surface area contributed by atoms with Crippen LogP contribution >= 0.6 is 0 Å². The van der Waals surface area contributed by atoms with E-state index in [9.17, 15) is 0 Å². The lowest BCUT2D eigenvalue weighted by Gasteiger charge is -2.42. The first-order valence-electron chi connectivity index (χ1n) is 6.77. The summed E-state index contributed by atoms with van der Waals surface area (Å²) in [5.74, 6) is 1.03. The van der Waals surface area contributed by atoms with Gasteiger partial charge in [0, 0.05) is 18.6 Å². The predicted octanol–water partition coefficient (Wildman–Crippen LogP) is 2.25. The molecular formula is C13H26N2. The number of likely N-dealkylation sites (tertiary alicyclic amines) is 1. The maximum Gasteiger partial charge on any atom is 0.0220 e. The van der Waals surface area contributed by atoms with Gasteiger partial charge in [0.1, 0.15) is 0 Å². The van der Waals surface area contributed by atoms with Crippen LogP contribution in [-0.4, -0.2) is 37.1 Å². The molecule has 1 saturated heterocycles. The molecular weight excluding hydrogens is 184 g/mol. The molecule has 1 saturated carbocycles. The van der Waals surface area contributed by atoms with Crippen LogP contribution in [0.5, 0.6) is 0 Å². The molecule has 0 spiro atoms. The molecule has 2 fully saturated rings. The number of nitrogens with zero attached hydrogens (tertiary/aromatic N) is 1. The monoisotopic (exact) mass is 210 g/mol. The van der Waals surface area contributed by atoms with Crippen molar-refractivity contribution in [2.24, 2.45) is 5.92 Å². The topological polar surface area (TPSA) is 15.3 Å². The summed E-state index contributed by atoms with van der Waals surface area (Å²) in [7, 11) is 2.08. The molecule has 3 unspecified atom stereocenters. The first kappa shape index (κ1) is 11.4. The fraction of sp³-hybridized carbons (Fsp3) is 1.00. The second kappa shape index (κ2) is 5.31. The molecule has 1 N–H and O–H groups in total. The van der Waals surface area contributed by atoms with Crippen LogP contribution in [0.25, 0.3) is 0 Å². The number of rotatable bonds is 4. The minimum absolute atomic E-state index is 0.779. The smallest absolute Gasteiger partial charge is 0.0220 e. The van der Waals surface area contributed by atoms with Gasteiger partial charge in [-0.1, -0.05) is 13.3 Å². The Labute approximate surface area is 94.4 Å². The average Bonchev–Trinajstić information content (AvgIpc) is 2.73. The Morgan fingerprint density at radius 3 is 2.80 bits per heavy atom. The first-order valence-corrected chi connectivity index (χ1v) is 6.77. The summed E-state index contributed by atoms with van der Waals surface area (Å²) in [4.78, 5) is 2.82. The van der Waals surface area contributed by atoms with Gasteiger partial charge >= 0.3 is 0 Å². The Hall–Kier alpha value is -0.0800. The molecule has 2 nitrogen and oxygen atoms in total. The third-order valence-corrected chi connectivity index (χ3v) is 4.42. The van der Waals surface area contributed by atoms with Crippen LogP contribution in [0.3, 0.4) is 0 Å². The van der Waals surface area contributed by atoms with E-state index in [0.29, 0.717) is 0 Å². The molecule has 3 atom stereocenters. The van der Waals surface area contributed by atoms with Crippen molar-refractivity contribution in [3.63, 3.8) is 0 Å². The highest BCUT2D eigenvalue weighted by Gasteiger charge is 2.37. The highest BCUT2D eigenvalue weighted by Crippen LogP contribution is 2.37. The molecule has 0 amide bonds. The summed E-state index contributed by atoms with van der Waals surface area (Å²) in [6.45, 7) is 4.85. The van der Waals surface area contributed by atoms with E-state index in [1.165, 1.54) is 51.6 Å². The van der Waals surface area contributed by atoms with Crippen molar-refractivity contribution in [3.8, 4) is 0 Å². The van der Waals surface area contributed by atoms with Crippen LogP contribution in [0, 0.1) is 5.92 Å². The molecule has 1 aliphatic heterocycles. The maximum absolute atomic E-state index is 3.35. The molecule has 15 heavy (non-hydrogen) atoms. The van der Waals surface area contributed by atoms with Crippen LogP contribution in [-0.2, 0) is 0 Å². The van der Waals surface area contributed by atoms with Gasteiger partial charge in [-0.05, 0) is 51.6 Å². The number of nitrogens with one attached hydrogen (secondary N) is 1. The number of likely N-dealkylation sites (N-methyl/N-ethyl adjacent to an activating group) is 1. The summed E-state index contributed by atoms with van der Waals surface area (Å²) in [6, 6.07) is 1.71. The van der Waals surface area contributed by atoms with Crippen molar-refractivity contribution >= 4 is 0 Å². The van der Waals surface area contributed by atoms with Crippen LogP contribution in [0.1, 0.15) is 45.4 Å². The minimum atomic E-state index is 0.779. The second-order valence-electron chi connectivity index (χ2n) is 5.26. The van der Waals surface area contributed by atoms with E-state index < -0.39 is 0 Å². The van der Waals surface area contributed by atoms with E-state index in [4.69, 9.17) is 0 Å². The van der Waals surface area contributed by atoms with E-state index in [-0.39, 0.29) is 0 Å². The molecule has 0 radical (unpaired) electrons. The fourth-order valence-corrected chi connectivity index (χ4v) is 3.68. The van der Waals surface area contributed by atoms with Gasteiger partial charge in [0.25, 0.3) is 0 Å². The van der Waals surface area contributed by atoms with Crippen molar-refractivity contribution in [3.05, 3.63) is 0 Å². The quantitative estimate of drug-likeness (QED) is 0.765. The zero-order valence-corrected chi connectivity index (χ0v) is 10.3. The van der Waals surface area contributed by atoms with Gasteiger partial charge in [0.05, 0.1) is 0 Å². The van der Waals surface area contributed by atoms with Crippen LogP contribution in [0.2, 0.25) is 0 Å². The fourth-order valence-electron chi connectivity index (χ4n) is 3.68. The SMILES string of the molecule is CCC(CNC)N1CCCC2CCCC21. The Morgan fingerprint density at radius 2 is 2.07 bits per heavy atom. The highest BCUT2D eigenvalue weighted by molar-refractivity contribution is 4.92. The molecule has 1 heterocycles. The van der Waals surface area contributed by atoms with Gasteiger partial charge in [-0.2, -0.15) is 0 Å². The van der Waals surface area contributed by atoms with Crippen molar-refractivity contribution < 1.29 is 0 Å². The number of piperidine rings is 1. The summed E-state index contributed by atoms with van der Waals surface area (Å²) < 4.78 is 0. The molecule has 0 aromatic rings. The van der Waals surface area contributed by atoms with Gasteiger partial charge in [0.2, 0.25) is 0 Å². The van der Waals surface area contributed by atoms with Gasteiger partial charge < -0.3 is 5.32 Å². The Morgan fingerprint density at radius 1 is 1.27 bits per heavy atom. The van der Waals surface area contributed by atoms with Crippen LogP contribution in [0.15, 0.2) is 0 Å². The molecule has 0 aromatic heterocycles. The lowest BCUT2D eigenvalue weighted by molar-refractivity contribution is 0.0657. The van der Waals surface area contributed by atoms with Crippen LogP contribution in [0.4, 0.5) is 0 Å².